The topological polar surface area (TPSA) is 21.3 Å². The van der Waals surface area contributed by atoms with Gasteiger partial charge in [0.1, 0.15) is 0 Å². The first-order valence-corrected chi connectivity index (χ1v) is 7.78. The van der Waals surface area contributed by atoms with Gasteiger partial charge in [0.2, 0.25) is 0 Å². The number of hydrogen-bond donors (Lipinski definition) is 1. The Morgan fingerprint density at radius 3 is 2.71 bits per heavy atom. The number of hydrogen-bond acceptors (Lipinski definition) is 2. The zero-order valence-corrected chi connectivity index (χ0v) is 13.1. The molecule has 1 N–H and O–H groups in total. The second kappa shape index (κ2) is 6.84. The van der Waals surface area contributed by atoms with Crippen LogP contribution in [0, 0.1) is 17.6 Å². The normalized spacial score (nSPS) is 27.6. The van der Waals surface area contributed by atoms with Gasteiger partial charge in [-0.15, -0.1) is 0 Å². The quantitative estimate of drug-likeness (QED) is 0.879. The molecule has 0 radical (unpaired) electrons. The van der Waals surface area contributed by atoms with E-state index in [4.69, 9.17) is 4.74 Å². The highest BCUT2D eigenvalue weighted by molar-refractivity contribution is 5.25. The third kappa shape index (κ3) is 3.43. The van der Waals surface area contributed by atoms with Gasteiger partial charge in [0.15, 0.2) is 11.6 Å². The molecule has 1 saturated carbocycles. The summed E-state index contributed by atoms with van der Waals surface area (Å²) in [6.45, 7) is 4.83. The summed E-state index contributed by atoms with van der Waals surface area (Å²) in [5.41, 5.74) is 0.407. The predicted molar refractivity (Wildman–Crippen MR) is 80.1 cm³/mol. The molecule has 0 aromatic heterocycles. The highest BCUT2D eigenvalue weighted by Gasteiger charge is 2.43. The fourth-order valence-corrected chi connectivity index (χ4v) is 3.73. The van der Waals surface area contributed by atoms with Crippen LogP contribution in [0.25, 0.3) is 0 Å². The lowest BCUT2D eigenvalue weighted by Crippen LogP contribution is -2.48. The molecule has 118 valence electrons. The third-order valence-electron chi connectivity index (χ3n) is 4.51. The summed E-state index contributed by atoms with van der Waals surface area (Å²) < 4.78 is 32.9. The number of nitrogens with one attached hydrogen (secondary N) is 1. The number of benzene rings is 1. The lowest BCUT2D eigenvalue weighted by molar-refractivity contribution is -0.100. The van der Waals surface area contributed by atoms with Crippen LogP contribution in [0.4, 0.5) is 8.78 Å². The average molecular weight is 297 g/mol. The first-order chi connectivity index (χ1) is 10.0. The van der Waals surface area contributed by atoms with Crippen LogP contribution in [0.3, 0.4) is 0 Å². The molecule has 4 heteroatoms. The van der Waals surface area contributed by atoms with E-state index in [0.29, 0.717) is 12.5 Å². The SMILES string of the molecule is CCOC1(C(NC)c2ccc(F)c(F)c2)CCCC(C)C1. The average Bonchev–Trinajstić information content (AvgIpc) is 2.44. The number of ether oxygens (including phenoxy) is 1. The van der Waals surface area contributed by atoms with E-state index in [-0.39, 0.29) is 11.6 Å². The molecule has 0 spiro atoms. The molecule has 1 aromatic carbocycles. The molecule has 0 amide bonds. The van der Waals surface area contributed by atoms with Gasteiger partial charge in [0.25, 0.3) is 0 Å². The zero-order valence-electron chi connectivity index (χ0n) is 13.1. The number of rotatable bonds is 5. The molecule has 0 heterocycles. The fourth-order valence-electron chi connectivity index (χ4n) is 3.73. The lowest BCUT2D eigenvalue weighted by atomic mass is 9.72. The van der Waals surface area contributed by atoms with Crippen LogP contribution in [-0.4, -0.2) is 19.3 Å². The molecule has 3 atom stereocenters. The van der Waals surface area contributed by atoms with E-state index in [1.54, 1.807) is 6.07 Å². The summed E-state index contributed by atoms with van der Waals surface area (Å²) in [6, 6.07) is 4.01. The molecular weight excluding hydrogens is 272 g/mol. The maximum absolute atomic E-state index is 13.6. The smallest absolute Gasteiger partial charge is 0.159 e. The Bertz CT molecular complexity index is 476. The predicted octanol–water partition coefficient (Wildman–Crippen LogP) is 4.21. The second-order valence-electron chi connectivity index (χ2n) is 6.09. The van der Waals surface area contributed by atoms with Crippen molar-refractivity contribution in [2.45, 2.75) is 51.2 Å². The molecule has 1 aliphatic carbocycles. The van der Waals surface area contributed by atoms with Crippen LogP contribution >= 0.6 is 0 Å². The summed E-state index contributed by atoms with van der Waals surface area (Å²) in [7, 11) is 1.85. The van der Waals surface area contributed by atoms with Gasteiger partial charge in [-0.2, -0.15) is 0 Å². The van der Waals surface area contributed by atoms with Crippen molar-refractivity contribution >= 4 is 0 Å². The van der Waals surface area contributed by atoms with E-state index in [2.05, 4.69) is 12.2 Å². The Morgan fingerprint density at radius 2 is 2.14 bits per heavy atom. The summed E-state index contributed by atoms with van der Waals surface area (Å²) >= 11 is 0. The first kappa shape index (κ1) is 16.4. The van der Waals surface area contributed by atoms with Crippen molar-refractivity contribution in [2.24, 2.45) is 5.92 Å². The summed E-state index contributed by atoms with van der Waals surface area (Å²) in [5, 5.41) is 3.27. The molecule has 0 saturated heterocycles. The molecule has 2 rings (SSSR count). The Morgan fingerprint density at radius 1 is 1.38 bits per heavy atom. The second-order valence-corrected chi connectivity index (χ2v) is 6.09. The third-order valence-corrected chi connectivity index (χ3v) is 4.51. The van der Waals surface area contributed by atoms with Gasteiger partial charge in [0.05, 0.1) is 11.6 Å². The van der Waals surface area contributed by atoms with E-state index in [1.807, 2.05) is 14.0 Å². The van der Waals surface area contributed by atoms with E-state index in [1.165, 1.54) is 18.6 Å². The van der Waals surface area contributed by atoms with E-state index in [0.717, 1.165) is 24.8 Å². The highest BCUT2D eigenvalue weighted by atomic mass is 19.2. The van der Waals surface area contributed by atoms with Crippen molar-refractivity contribution in [3.63, 3.8) is 0 Å². The molecule has 21 heavy (non-hydrogen) atoms. The van der Waals surface area contributed by atoms with Crippen molar-refractivity contribution in [1.82, 2.24) is 5.32 Å². The van der Waals surface area contributed by atoms with Crippen LogP contribution in [0.5, 0.6) is 0 Å². The van der Waals surface area contributed by atoms with E-state index < -0.39 is 11.6 Å². The minimum Gasteiger partial charge on any atom is -0.373 e. The van der Waals surface area contributed by atoms with E-state index >= 15 is 0 Å². The van der Waals surface area contributed by atoms with Gasteiger partial charge in [-0.3, -0.25) is 0 Å². The van der Waals surface area contributed by atoms with Gasteiger partial charge in [-0.1, -0.05) is 25.8 Å². The Kier molecular flexibility index (Phi) is 5.33. The molecular formula is C17H25F2NO. The van der Waals surface area contributed by atoms with Gasteiger partial charge in [-0.25, -0.2) is 8.78 Å². The van der Waals surface area contributed by atoms with Crippen LogP contribution in [0.15, 0.2) is 18.2 Å². The standard InChI is InChI=1S/C17H25F2NO/c1-4-21-17(9-5-6-12(2)11-17)16(20-3)13-7-8-14(18)15(19)10-13/h7-8,10,12,16,20H,4-6,9,11H2,1-3H3. The zero-order chi connectivity index (χ0) is 15.5. The van der Waals surface area contributed by atoms with Crippen LogP contribution in [0.1, 0.15) is 51.1 Å². The molecule has 3 unspecified atom stereocenters. The number of likely N-dealkylation sites (N-methyl/N-ethyl adjacent to an activating group) is 1. The molecule has 1 fully saturated rings. The van der Waals surface area contributed by atoms with Crippen LogP contribution in [0.2, 0.25) is 0 Å². The van der Waals surface area contributed by atoms with Crippen molar-refractivity contribution in [1.29, 1.82) is 0 Å². The minimum absolute atomic E-state index is 0.129. The Labute approximate surface area is 125 Å². The first-order valence-electron chi connectivity index (χ1n) is 7.78. The van der Waals surface area contributed by atoms with Crippen molar-refractivity contribution in [3.05, 3.63) is 35.4 Å². The maximum atomic E-state index is 13.6. The van der Waals surface area contributed by atoms with Crippen LogP contribution in [-0.2, 0) is 4.74 Å². The van der Waals surface area contributed by atoms with Crippen molar-refractivity contribution < 1.29 is 13.5 Å². The minimum atomic E-state index is -0.809. The van der Waals surface area contributed by atoms with Crippen molar-refractivity contribution in [3.8, 4) is 0 Å². The van der Waals surface area contributed by atoms with Crippen molar-refractivity contribution in [2.75, 3.05) is 13.7 Å². The van der Waals surface area contributed by atoms with Gasteiger partial charge in [-0.05, 0) is 50.4 Å². The molecule has 0 bridgehead atoms. The largest absolute Gasteiger partial charge is 0.373 e. The monoisotopic (exact) mass is 297 g/mol. The Balaban J connectivity index is 2.37. The lowest BCUT2D eigenvalue weighted by Gasteiger charge is -2.45. The highest BCUT2D eigenvalue weighted by Crippen LogP contribution is 2.43. The van der Waals surface area contributed by atoms with Gasteiger partial charge >= 0.3 is 0 Å². The molecule has 1 aromatic rings. The fraction of sp³-hybridized carbons (Fsp3) is 0.647. The summed E-state index contributed by atoms with van der Waals surface area (Å²) in [6.07, 6.45) is 4.17. The molecule has 1 aliphatic rings. The van der Waals surface area contributed by atoms with Crippen LogP contribution < -0.4 is 5.32 Å². The Hall–Kier alpha value is -1.00. The van der Waals surface area contributed by atoms with Gasteiger partial charge < -0.3 is 10.1 Å². The van der Waals surface area contributed by atoms with Gasteiger partial charge in [0, 0.05) is 6.61 Å². The number of halogens is 2. The summed E-state index contributed by atoms with van der Waals surface area (Å²) in [4.78, 5) is 0. The molecule has 0 aliphatic heterocycles. The van der Waals surface area contributed by atoms with E-state index in [9.17, 15) is 8.78 Å². The summed E-state index contributed by atoms with van der Waals surface area (Å²) in [5.74, 6) is -1.04. The maximum Gasteiger partial charge on any atom is 0.159 e. The molecule has 2 nitrogen and oxygen atoms in total.